The van der Waals surface area contributed by atoms with E-state index in [0.717, 1.165) is 18.8 Å². The summed E-state index contributed by atoms with van der Waals surface area (Å²) < 4.78 is 15.0. The van der Waals surface area contributed by atoms with Crippen molar-refractivity contribution in [2.45, 2.75) is 0 Å². The minimum Gasteiger partial charge on any atom is -0.368 e. The van der Waals surface area contributed by atoms with E-state index >= 15 is 0 Å². The van der Waals surface area contributed by atoms with E-state index < -0.39 is 5.91 Å². The molecule has 138 valence electrons. The molecule has 0 saturated carbocycles. The molecule has 0 aliphatic carbocycles. The first-order valence-corrected chi connectivity index (χ1v) is 9.05. The van der Waals surface area contributed by atoms with Crippen LogP contribution >= 0.6 is 11.6 Å². The summed E-state index contributed by atoms with van der Waals surface area (Å²) in [7, 11) is 0. The summed E-state index contributed by atoms with van der Waals surface area (Å²) >= 11 is 6.13. The number of primary amides is 1. The van der Waals surface area contributed by atoms with Crippen LogP contribution in [0, 0.1) is 5.82 Å². The smallest absolute Gasteiger partial charge is 0.248 e. The summed E-state index contributed by atoms with van der Waals surface area (Å²) in [6, 6.07) is 12.5. The Kier molecular flexibility index (Phi) is 4.58. The highest BCUT2D eigenvalue weighted by Gasteiger charge is 2.21. The number of carbonyl (C=O) groups is 1. The fourth-order valence-electron chi connectivity index (χ4n) is 3.43. The predicted octanol–water partition coefficient (Wildman–Crippen LogP) is 3.45. The Hall–Kier alpha value is -2.86. The highest BCUT2D eigenvalue weighted by atomic mass is 35.5. The molecule has 7 heteroatoms. The van der Waals surface area contributed by atoms with Crippen molar-refractivity contribution >= 4 is 39.8 Å². The zero-order chi connectivity index (χ0) is 19.0. The lowest BCUT2D eigenvalue weighted by molar-refractivity contribution is 0.100. The van der Waals surface area contributed by atoms with Gasteiger partial charge in [0.25, 0.3) is 0 Å². The van der Waals surface area contributed by atoms with Gasteiger partial charge < -0.3 is 15.5 Å². The van der Waals surface area contributed by atoms with Crippen LogP contribution in [0.1, 0.15) is 10.4 Å². The van der Waals surface area contributed by atoms with Gasteiger partial charge in [-0.15, -0.1) is 0 Å². The Morgan fingerprint density at radius 2 is 1.67 bits per heavy atom. The average molecular weight is 385 g/mol. The molecule has 0 radical (unpaired) electrons. The monoisotopic (exact) mass is 384 g/mol. The molecule has 1 aliphatic rings. The van der Waals surface area contributed by atoms with Crippen molar-refractivity contribution in [3.8, 4) is 0 Å². The van der Waals surface area contributed by atoms with Crippen molar-refractivity contribution in [2.75, 3.05) is 36.0 Å². The van der Waals surface area contributed by atoms with E-state index in [2.05, 4.69) is 9.88 Å². The molecular formula is C20H18ClFN4O. The second-order valence-corrected chi connectivity index (χ2v) is 6.88. The minimum atomic E-state index is -0.438. The fourth-order valence-corrected chi connectivity index (χ4v) is 3.64. The van der Waals surface area contributed by atoms with E-state index in [0.29, 0.717) is 40.3 Å². The lowest BCUT2D eigenvalue weighted by Gasteiger charge is -2.37. The SMILES string of the molecule is NC(=O)c1ccc(N2CCN(c3ccc4c(Cl)ccnc4c3F)CC2)cc1. The van der Waals surface area contributed by atoms with Gasteiger partial charge in [0.05, 0.1) is 10.7 Å². The maximum atomic E-state index is 15.0. The lowest BCUT2D eigenvalue weighted by atomic mass is 10.1. The van der Waals surface area contributed by atoms with Crippen molar-refractivity contribution < 1.29 is 9.18 Å². The van der Waals surface area contributed by atoms with E-state index in [1.165, 1.54) is 6.20 Å². The molecule has 4 rings (SSSR count). The second-order valence-electron chi connectivity index (χ2n) is 6.47. The van der Waals surface area contributed by atoms with Gasteiger partial charge >= 0.3 is 0 Å². The van der Waals surface area contributed by atoms with Gasteiger partial charge in [-0.25, -0.2) is 4.39 Å². The quantitative estimate of drug-likeness (QED) is 0.751. The Morgan fingerprint density at radius 1 is 1.00 bits per heavy atom. The first kappa shape index (κ1) is 17.5. The molecule has 5 nitrogen and oxygen atoms in total. The maximum Gasteiger partial charge on any atom is 0.248 e. The number of benzene rings is 2. The number of hydrogen-bond acceptors (Lipinski definition) is 4. The molecule has 2 heterocycles. The van der Waals surface area contributed by atoms with Gasteiger partial charge in [0.15, 0.2) is 5.82 Å². The van der Waals surface area contributed by atoms with Crippen LogP contribution in [0.4, 0.5) is 15.8 Å². The van der Waals surface area contributed by atoms with Crippen LogP contribution < -0.4 is 15.5 Å². The highest BCUT2D eigenvalue weighted by molar-refractivity contribution is 6.35. The second kappa shape index (κ2) is 7.04. The number of piperazine rings is 1. The zero-order valence-electron chi connectivity index (χ0n) is 14.5. The molecule has 0 atom stereocenters. The van der Waals surface area contributed by atoms with Gasteiger partial charge in [0, 0.05) is 49.0 Å². The summed E-state index contributed by atoms with van der Waals surface area (Å²) in [5.74, 6) is -0.777. The molecule has 2 aromatic carbocycles. The van der Waals surface area contributed by atoms with Gasteiger partial charge in [-0.1, -0.05) is 11.6 Å². The van der Waals surface area contributed by atoms with Gasteiger partial charge in [0.2, 0.25) is 5.91 Å². The third-order valence-electron chi connectivity index (χ3n) is 4.91. The van der Waals surface area contributed by atoms with Crippen LogP contribution in [0.2, 0.25) is 5.02 Å². The Bertz CT molecular complexity index is 1000. The Balaban J connectivity index is 1.51. The molecule has 3 aromatic rings. The molecule has 27 heavy (non-hydrogen) atoms. The number of nitrogens with two attached hydrogens (primary N) is 1. The maximum absolute atomic E-state index is 15.0. The number of rotatable bonds is 3. The molecule has 0 unspecified atom stereocenters. The molecule has 1 aromatic heterocycles. The van der Waals surface area contributed by atoms with Crippen molar-refractivity contribution in [1.29, 1.82) is 0 Å². The predicted molar refractivity (Wildman–Crippen MR) is 106 cm³/mol. The van der Waals surface area contributed by atoms with Gasteiger partial charge in [-0.3, -0.25) is 9.78 Å². The van der Waals surface area contributed by atoms with Gasteiger partial charge in [0.1, 0.15) is 5.52 Å². The first-order chi connectivity index (χ1) is 13.0. The summed E-state index contributed by atoms with van der Waals surface area (Å²) in [5, 5.41) is 1.11. The molecule has 2 N–H and O–H groups in total. The molecule has 1 amide bonds. The molecule has 1 fully saturated rings. The number of halogens is 2. The molecule has 1 saturated heterocycles. The summed E-state index contributed by atoms with van der Waals surface area (Å²) in [6.07, 6.45) is 1.52. The number of anilines is 2. The number of nitrogens with zero attached hydrogens (tertiary/aromatic N) is 3. The van der Waals surface area contributed by atoms with E-state index in [9.17, 15) is 9.18 Å². The number of hydrogen-bond donors (Lipinski definition) is 1. The highest BCUT2D eigenvalue weighted by Crippen LogP contribution is 2.31. The largest absolute Gasteiger partial charge is 0.368 e. The van der Waals surface area contributed by atoms with Crippen LogP contribution in [-0.4, -0.2) is 37.1 Å². The van der Waals surface area contributed by atoms with E-state index in [-0.39, 0.29) is 5.82 Å². The third-order valence-corrected chi connectivity index (χ3v) is 5.24. The summed E-state index contributed by atoms with van der Waals surface area (Å²) in [4.78, 5) is 19.6. The summed E-state index contributed by atoms with van der Waals surface area (Å²) in [5.41, 5.74) is 7.63. The number of aromatic nitrogens is 1. The number of fused-ring (bicyclic) bond motifs is 1. The zero-order valence-corrected chi connectivity index (χ0v) is 15.3. The summed E-state index contributed by atoms with van der Waals surface area (Å²) in [6.45, 7) is 2.86. The van der Waals surface area contributed by atoms with Crippen LogP contribution in [-0.2, 0) is 0 Å². The van der Waals surface area contributed by atoms with Crippen molar-refractivity contribution in [3.05, 3.63) is 65.1 Å². The first-order valence-electron chi connectivity index (χ1n) is 8.67. The minimum absolute atomic E-state index is 0.296. The molecule has 0 spiro atoms. The van der Waals surface area contributed by atoms with Crippen molar-refractivity contribution in [2.24, 2.45) is 5.73 Å². The normalized spacial score (nSPS) is 14.6. The number of carbonyl (C=O) groups excluding carboxylic acids is 1. The van der Waals surface area contributed by atoms with E-state index in [1.54, 1.807) is 24.3 Å². The van der Waals surface area contributed by atoms with Gasteiger partial charge in [-0.05, 0) is 42.5 Å². The Labute approximate surface area is 161 Å². The molecular weight excluding hydrogens is 367 g/mol. The fraction of sp³-hybridized carbons (Fsp3) is 0.200. The standard InChI is InChI=1S/C20H18ClFN4O/c21-16-7-8-24-19-15(16)5-6-17(18(19)22)26-11-9-25(10-12-26)14-3-1-13(2-4-14)20(23)27/h1-8H,9-12H2,(H2,23,27). The number of pyridine rings is 1. The van der Waals surface area contributed by atoms with Crippen LogP contribution in [0.3, 0.4) is 0 Å². The molecule has 0 bridgehead atoms. The lowest BCUT2D eigenvalue weighted by Crippen LogP contribution is -2.46. The topological polar surface area (TPSA) is 62.5 Å². The number of amides is 1. The van der Waals surface area contributed by atoms with E-state index in [1.807, 2.05) is 23.1 Å². The third kappa shape index (κ3) is 3.28. The Morgan fingerprint density at radius 3 is 2.33 bits per heavy atom. The van der Waals surface area contributed by atoms with Crippen LogP contribution in [0.15, 0.2) is 48.7 Å². The van der Waals surface area contributed by atoms with Crippen LogP contribution in [0.5, 0.6) is 0 Å². The molecule has 1 aliphatic heterocycles. The van der Waals surface area contributed by atoms with Crippen molar-refractivity contribution in [3.63, 3.8) is 0 Å². The average Bonchev–Trinajstić information content (AvgIpc) is 2.69. The van der Waals surface area contributed by atoms with Crippen molar-refractivity contribution in [1.82, 2.24) is 4.98 Å². The van der Waals surface area contributed by atoms with E-state index in [4.69, 9.17) is 17.3 Å². The van der Waals surface area contributed by atoms with Gasteiger partial charge in [-0.2, -0.15) is 0 Å². The van der Waals surface area contributed by atoms with Crippen LogP contribution in [0.25, 0.3) is 10.9 Å².